The predicted molar refractivity (Wildman–Crippen MR) is 245 cm³/mol. The first-order valence-electron chi connectivity index (χ1n) is 23.6. The van der Waals surface area contributed by atoms with Crippen molar-refractivity contribution in [1.29, 1.82) is 0 Å². The summed E-state index contributed by atoms with van der Waals surface area (Å²) in [4.78, 5) is 14.5. The van der Waals surface area contributed by atoms with Crippen LogP contribution < -0.4 is 15.4 Å². The smallest absolute Gasteiger partial charge is 0.416 e. The highest BCUT2D eigenvalue weighted by atomic mass is 32.2. The molecule has 3 fully saturated rings. The molecule has 1 aromatic carbocycles. The number of methoxy groups -OCH3 is 1. The Morgan fingerprint density at radius 2 is 1.57 bits per heavy atom. The number of hydrogen-bond donors (Lipinski definition) is 8. The predicted octanol–water partition coefficient (Wildman–Crippen LogP) is 3.28. The number of halogens is 3. The second-order valence-electron chi connectivity index (χ2n) is 20.0. The van der Waals surface area contributed by atoms with Gasteiger partial charge in [-0.1, -0.05) is 27.7 Å². The van der Waals surface area contributed by atoms with E-state index in [9.17, 15) is 51.9 Å². The van der Waals surface area contributed by atoms with Crippen molar-refractivity contribution < 1.29 is 80.3 Å². The molecule has 18 atom stereocenters. The second-order valence-corrected chi connectivity index (χ2v) is 21.8. The van der Waals surface area contributed by atoms with E-state index in [4.69, 9.17) is 28.4 Å². The molecule has 0 aliphatic carbocycles. The van der Waals surface area contributed by atoms with Crippen LogP contribution in [0.2, 0.25) is 0 Å². The van der Waals surface area contributed by atoms with E-state index in [1.54, 1.807) is 41.5 Å². The molecule has 3 saturated heterocycles. The molecule has 68 heavy (non-hydrogen) atoms. The molecule has 4 rings (SSSR count). The standard InChI is InChI=1S/C46H79F3N4O14S/c1-14-34-44(11,58)38(55)29(7)51-23-25(3)21-42(9,57)39(27(5)37(28(6)40(56)65-34)66-35-22-43(10,62-13)45(59,24-50-15-2)30(8)64-35)67-41-36(54)33(20-26(4)63-41)53(12)68(60,61)52-32-18-16-31(17-19-32)46(47,48)49/h16-19,25-30,33-39,41,50-52,54-55,57-59H,14-15,20-24H2,1-13H3/t25?,26-,27?,28?,29?,30+,33+,34?,35+,36-,37?,38?,39?,41+,42?,43-,44?,45+/m1/s1. The van der Waals surface area contributed by atoms with Gasteiger partial charge in [0.1, 0.15) is 35.1 Å². The van der Waals surface area contributed by atoms with Crippen molar-refractivity contribution >= 4 is 21.9 Å². The Kier molecular flexibility index (Phi) is 19.4. The van der Waals surface area contributed by atoms with Crippen LogP contribution in [0, 0.1) is 17.8 Å². The van der Waals surface area contributed by atoms with Crippen molar-refractivity contribution in [2.24, 2.45) is 17.8 Å². The summed E-state index contributed by atoms with van der Waals surface area (Å²) in [7, 11) is -1.87. The number of carbonyl (C=O) groups is 1. The van der Waals surface area contributed by atoms with E-state index >= 15 is 0 Å². The van der Waals surface area contributed by atoms with E-state index in [1.165, 1.54) is 34.9 Å². The Balaban J connectivity index is 1.79. The second kappa shape index (κ2) is 22.6. The molecule has 8 N–H and O–H groups in total. The third-order valence-electron chi connectivity index (χ3n) is 14.5. The number of carbonyl (C=O) groups excluding carboxylic acids is 1. The first-order valence-corrected chi connectivity index (χ1v) is 25.0. The first-order chi connectivity index (χ1) is 31.3. The molecule has 394 valence electrons. The minimum Gasteiger partial charge on any atom is -0.459 e. The minimum atomic E-state index is -4.64. The maximum Gasteiger partial charge on any atom is 0.416 e. The number of esters is 1. The van der Waals surface area contributed by atoms with Gasteiger partial charge in [0.2, 0.25) is 0 Å². The molecular weight excluding hydrogens is 922 g/mol. The third-order valence-corrected chi connectivity index (χ3v) is 16.0. The van der Waals surface area contributed by atoms with Crippen molar-refractivity contribution in [2.45, 2.75) is 198 Å². The summed E-state index contributed by atoms with van der Waals surface area (Å²) in [5.74, 6) is -3.41. The molecule has 0 bridgehead atoms. The molecule has 18 nitrogen and oxygen atoms in total. The quantitative estimate of drug-likeness (QED) is 0.132. The average Bonchev–Trinajstić information content (AvgIpc) is 3.25. The third kappa shape index (κ3) is 13.0. The number of nitrogens with one attached hydrogen (secondary N) is 3. The zero-order chi connectivity index (χ0) is 51.5. The molecule has 10 unspecified atom stereocenters. The highest BCUT2D eigenvalue weighted by Crippen LogP contribution is 2.43. The SMILES string of the molecule is CCNC[C@]1(O)[C@H](C)O[C@@H](OC2C(C)C(=O)OC(CC)C(C)(O)C(O)C(C)NCC(C)CC(C)(O)C(O[C@@H]3O[C@H](C)C[C@H](N(C)S(=O)(=O)Nc4ccc(C(F)(F)F)cc4)[C@H]3O)C2C)C[C@@]1(C)OC. The number of benzene rings is 1. The molecule has 3 aliphatic rings. The molecule has 0 radical (unpaired) electrons. The molecule has 22 heteroatoms. The normalized spacial score (nSPS) is 41.9. The summed E-state index contributed by atoms with van der Waals surface area (Å²) in [5.41, 5.74) is -7.68. The minimum absolute atomic E-state index is 0.0145. The number of rotatable bonds is 13. The highest BCUT2D eigenvalue weighted by molar-refractivity contribution is 7.90. The molecule has 0 saturated carbocycles. The molecule has 0 aromatic heterocycles. The number of aliphatic hydroxyl groups is 5. The van der Waals surface area contributed by atoms with Gasteiger partial charge in [-0.05, 0) is 111 Å². The maximum atomic E-state index is 14.5. The lowest BCUT2D eigenvalue weighted by atomic mass is 9.75. The van der Waals surface area contributed by atoms with Crippen LogP contribution in [0.5, 0.6) is 0 Å². The number of ether oxygens (including phenoxy) is 6. The fourth-order valence-electron chi connectivity index (χ4n) is 10.0. The van der Waals surface area contributed by atoms with Crippen LogP contribution >= 0.6 is 0 Å². The van der Waals surface area contributed by atoms with Crippen molar-refractivity contribution in [3.8, 4) is 0 Å². The molecular formula is C46H79F3N4O14S. The summed E-state index contributed by atoms with van der Waals surface area (Å²) < 4.78 is 108. The average molecular weight is 1000 g/mol. The Labute approximate surface area is 400 Å². The number of anilines is 1. The number of alkyl halides is 3. The Morgan fingerprint density at radius 1 is 0.956 bits per heavy atom. The van der Waals surface area contributed by atoms with Crippen LogP contribution in [0.3, 0.4) is 0 Å². The summed E-state index contributed by atoms with van der Waals surface area (Å²) in [6.45, 7) is 19.1. The van der Waals surface area contributed by atoms with Crippen LogP contribution in [0.4, 0.5) is 18.9 Å². The summed E-state index contributed by atoms with van der Waals surface area (Å²) in [6, 6.07) is 1.48. The van der Waals surface area contributed by atoms with Gasteiger partial charge in [-0.2, -0.15) is 25.9 Å². The topological polar surface area (TPSA) is 247 Å². The molecule has 3 aliphatic heterocycles. The van der Waals surface area contributed by atoms with Gasteiger partial charge in [-0.25, -0.2) is 0 Å². The highest BCUT2D eigenvalue weighted by Gasteiger charge is 2.58. The van der Waals surface area contributed by atoms with Gasteiger partial charge in [-0.15, -0.1) is 0 Å². The molecule has 3 heterocycles. The number of aliphatic hydroxyl groups excluding tert-OH is 2. The summed E-state index contributed by atoms with van der Waals surface area (Å²) >= 11 is 0. The lowest BCUT2D eigenvalue weighted by Crippen LogP contribution is -2.70. The first kappa shape index (κ1) is 58.3. The van der Waals surface area contributed by atoms with Crippen LogP contribution in [0.25, 0.3) is 0 Å². The summed E-state index contributed by atoms with van der Waals surface area (Å²) in [5, 5.41) is 66.3. The molecule has 0 spiro atoms. The zero-order valence-corrected chi connectivity index (χ0v) is 42.6. The largest absolute Gasteiger partial charge is 0.459 e. The number of hydrogen-bond acceptors (Lipinski definition) is 16. The number of nitrogens with zero attached hydrogens (tertiary/aromatic N) is 1. The van der Waals surface area contributed by atoms with Crippen LogP contribution in [-0.4, -0.2) is 168 Å². The van der Waals surface area contributed by atoms with Crippen LogP contribution in [-0.2, 0) is 49.6 Å². The number of cyclic esters (lactones) is 1. The Bertz CT molecular complexity index is 1900. The fourth-order valence-corrected chi connectivity index (χ4v) is 11.2. The van der Waals surface area contributed by atoms with E-state index < -0.39 is 130 Å². The van der Waals surface area contributed by atoms with Crippen LogP contribution in [0.1, 0.15) is 107 Å². The van der Waals surface area contributed by atoms with Gasteiger partial charge in [0.15, 0.2) is 12.6 Å². The van der Waals surface area contributed by atoms with E-state index in [0.717, 1.165) is 28.6 Å². The van der Waals surface area contributed by atoms with Gasteiger partial charge >= 0.3 is 22.4 Å². The van der Waals surface area contributed by atoms with Crippen molar-refractivity contribution in [3.05, 3.63) is 29.8 Å². The van der Waals surface area contributed by atoms with Gasteiger partial charge in [-0.3, -0.25) is 9.52 Å². The van der Waals surface area contributed by atoms with Gasteiger partial charge in [0.05, 0.1) is 47.5 Å². The van der Waals surface area contributed by atoms with E-state index in [1.807, 2.05) is 13.8 Å². The van der Waals surface area contributed by atoms with Crippen molar-refractivity contribution in [2.75, 3.05) is 38.5 Å². The zero-order valence-electron chi connectivity index (χ0n) is 41.7. The van der Waals surface area contributed by atoms with Crippen molar-refractivity contribution in [1.82, 2.24) is 14.9 Å². The Morgan fingerprint density at radius 3 is 2.13 bits per heavy atom. The van der Waals surface area contributed by atoms with E-state index in [2.05, 4.69) is 15.4 Å². The van der Waals surface area contributed by atoms with Gasteiger partial charge in [0.25, 0.3) is 0 Å². The molecule has 1 aromatic rings. The van der Waals surface area contributed by atoms with Gasteiger partial charge in [0, 0.05) is 44.8 Å². The lowest BCUT2D eigenvalue weighted by Gasteiger charge is -2.53. The van der Waals surface area contributed by atoms with Crippen LogP contribution in [0.15, 0.2) is 24.3 Å². The van der Waals surface area contributed by atoms with Gasteiger partial charge < -0.3 is 64.6 Å². The Hall–Kier alpha value is -2.29. The van der Waals surface area contributed by atoms with E-state index in [0.29, 0.717) is 6.54 Å². The van der Waals surface area contributed by atoms with Crippen molar-refractivity contribution in [3.63, 3.8) is 0 Å². The molecule has 0 amide bonds. The number of likely N-dealkylation sites (N-methyl/N-ethyl adjacent to an activating group) is 2. The summed E-state index contributed by atoms with van der Waals surface area (Å²) in [6.07, 6.45) is -15.9. The lowest BCUT2D eigenvalue weighted by molar-refractivity contribution is -0.336. The monoisotopic (exact) mass is 1000 g/mol. The fraction of sp³-hybridized carbons (Fsp3) is 0.848. The van der Waals surface area contributed by atoms with E-state index in [-0.39, 0.29) is 50.4 Å². The maximum absolute atomic E-state index is 14.5.